The quantitative estimate of drug-likeness (QED) is 0.500. The standard InChI is InChI=1S/C17H14ClIN2O4/c18-12-3-1-11(2-4-12)17(24)20-9-16(23)25-10-15(22)21-14-7-5-13(19)6-8-14/h1-8H,9-10H2,(H,20,24)(H,21,22). The van der Waals surface area contributed by atoms with E-state index in [1.54, 1.807) is 24.3 Å². The van der Waals surface area contributed by atoms with E-state index >= 15 is 0 Å². The summed E-state index contributed by atoms with van der Waals surface area (Å²) in [5, 5.41) is 5.52. The molecule has 0 aromatic heterocycles. The van der Waals surface area contributed by atoms with Gasteiger partial charge < -0.3 is 15.4 Å². The molecular formula is C17H14ClIN2O4. The van der Waals surface area contributed by atoms with Crippen molar-refractivity contribution in [2.24, 2.45) is 0 Å². The van der Waals surface area contributed by atoms with Crippen LogP contribution in [0.5, 0.6) is 0 Å². The predicted molar refractivity (Wildman–Crippen MR) is 103 cm³/mol. The maximum atomic E-state index is 11.8. The van der Waals surface area contributed by atoms with Crippen LogP contribution in [-0.4, -0.2) is 30.9 Å². The van der Waals surface area contributed by atoms with E-state index in [1.165, 1.54) is 12.1 Å². The molecule has 0 aliphatic carbocycles. The van der Waals surface area contributed by atoms with Gasteiger partial charge in [-0.05, 0) is 71.1 Å². The molecule has 0 atom stereocenters. The van der Waals surface area contributed by atoms with Crippen molar-refractivity contribution in [3.05, 3.63) is 62.7 Å². The first-order chi connectivity index (χ1) is 11.9. The molecule has 0 spiro atoms. The van der Waals surface area contributed by atoms with Crippen LogP contribution in [0.4, 0.5) is 5.69 Å². The zero-order chi connectivity index (χ0) is 18.2. The topological polar surface area (TPSA) is 84.5 Å². The molecule has 130 valence electrons. The Labute approximate surface area is 163 Å². The van der Waals surface area contributed by atoms with Crippen LogP contribution in [0.1, 0.15) is 10.4 Å². The van der Waals surface area contributed by atoms with Crippen LogP contribution in [0.3, 0.4) is 0 Å². The van der Waals surface area contributed by atoms with Crippen molar-refractivity contribution in [2.75, 3.05) is 18.5 Å². The van der Waals surface area contributed by atoms with Crippen molar-refractivity contribution in [1.82, 2.24) is 5.32 Å². The second-order valence-corrected chi connectivity index (χ2v) is 6.59. The molecule has 2 aromatic rings. The molecule has 25 heavy (non-hydrogen) atoms. The molecule has 6 nitrogen and oxygen atoms in total. The molecule has 0 aliphatic rings. The Morgan fingerprint density at radius 1 is 1.00 bits per heavy atom. The fourth-order valence-electron chi connectivity index (χ4n) is 1.78. The van der Waals surface area contributed by atoms with Crippen LogP contribution in [0.2, 0.25) is 5.02 Å². The molecule has 0 heterocycles. The third kappa shape index (κ3) is 6.71. The molecule has 2 rings (SSSR count). The van der Waals surface area contributed by atoms with Crippen molar-refractivity contribution in [2.45, 2.75) is 0 Å². The van der Waals surface area contributed by atoms with E-state index in [2.05, 4.69) is 33.2 Å². The van der Waals surface area contributed by atoms with E-state index in [0.29, 0.717) is 16.3 Å². The molecule has 0 saturated heterocycles. The number of esters is 1. The van der Waals surface area contributed by atoms with Crippen molar-refractivity contribution in [3.63, 3.8) is 0 Å². The highest BCUT2D eigenvalue weighted by Crippen LogP contribution is 2.11. The number of carbonyl (C=O) groups is 3. The Hall–Kier alpha value is -2.13. The Bertz CT molecular complexity index is 763. The number of rotatable bonds is 6. The average molecular weight is 473 g/mol. The first kappa shape index (κ1) is 19.2. The normalized spacial score (nSPS) is 10.0. The highest BCUT2D eigenvalue weighted by molar-refractivity contribution is 14.1. The second kappa shape index (κ2) is 9.38. The molecule has 0 bridgehead atoms. The first-order valence-electron chi connectivity index (χ1n) is 7.19. The minimum absolute atomic E-state index is 0.335. The lowest BCUT2D eigenvalue weighted by molar-refractivity contribution is -0.146. The molecule has 2 aromatic carbocycles. The fourth-order valence-corrected chi connectivity index (χ4v) is 2.27. The maximum Gasteiger partial charge on any atom is 0.325 e. The summed E-state index contributed by atoms with van der Waals surface area (Å²) in [6.07, 6.45) is 0. The van der Waals surface area contributed by atoms with Gasteiger partial charge in [0.05, 0.1) is 0 Å². The minimum atomic E-state index is -0.708. The number of benzene rings is 2. The van der Waals surface area contributed by atoms with E-state index < -0.39 is 24.4 Å². The Morgan fingerprint density at radius 3 is 2.28 bits per heavy atom. The van der Waals surface area contributed by atoms with Gasteiger partial charge in [0.15, 0.2) is 6.61 Å². The number of carbonyl (C=O) groups excluding carboxylic acids is 3. The summed E-state index contributed by atoms with van der Waals surface area (Å²) in [4.78, 5) is 35.1. The summed E-state index contributed by atoms with van der Waals surface area (Å²) < 4.78 is 5.86. The van der Waals surface area contributed by atoms with Gasteiger partial charge in [-0.1, -0.05) is 11.6 Å². The van der Waals surface area contributed by atoms with E-state index in [9.17, 15) is 14.4 Å². The second-order valence-electron chi connectivity index (χ2n) is 4.91. The molecule has 0 radical (unpaired) electrons. The van der Waals surface area contributed by atoms with Crippen molar-refractivity contribution in [1.29, 1.82) is 0 Å². The third-order valence-electron chi connectivity index (χ3n) is 2.99. The van der Waals surface area contributed by atoms with Gasteiger partial charge in [0, 0.05) is 19.8 Å². The van der Waals surface area contributed by atoms with Gasteiger partial charge in [0.1, 0.15) is 6.54 Å². The van der Waals surface area contributed by atoms with Gasteiger partial charge in [-0.15, -0.1) is 0 Å². The number of anilines is 1. The van der Waals surface area contributed by atoms with Crippen molar-refractivity contribution >= 4 is 57.7 Å². The molecule has 0 saturated carbocycles. The Morgan fingerprint density at radius 2 is 1.64 bits per heavy atom. The largest absolute Gasteiger partial charge is 0.454 e. The molecule has 2 N–H and O–H groups in total. The number of nitrogens with one attached hydrogen (secondary N) is 2. The fraction of sp³-hybridized carbons (Fsp3) is 0.118. The van der Waals surface area contributed by atoms with Crippen LogP contribution in [-0.2, 0) is 14.3 Å². The summed E-state index contributed by atoms with van der Waals surface area (Å²) in [5.41, 5.74) is 0.978. The molecule has 0 aliphatic heterocycles. The number of amides is 2. The lowest BCUT2D eigenvalue weighted by Crippen LogP contribution is -2.32. The van der Waals surface area contributed by atoms with Crippen molar-refractivity contribution in [3.8, 4) is 0 Å². The average Bonchev–Trinajstić information content (AvgIpc) is 2.60. The lowest BCUT2D eigenvalue weighted by atomic mass is 10.2. The highest BCUT2D eigenvalue weighted by Gasteiger charge is 2.11. The van der Waals surface area contributed by atoms with Crippen LogP contribution in [0, 0.1) is 3.57 Å². The Kier molecular flexibility index (Phi) is 7.20. The summed E-state index contributed by atoms with van der Waals surface area (Å²) >= 11 is 7.89. The van der Waals surface area contributed by atoms with Gasteiger partial charge in [-0.2, -0.15) is 0 Å². The van der Waals surface area contributed by atoms with Crippen LogP contribution < -0.4 is 10.6 Å². The van der Waals surface area contributed by atoms with E-state index in [4.69, 9.17) is 16.3 Å². The van der Waals surface area contributed by atoms with Gasteiger partial charge in [0.2, 0.25) is 0 Å². The summed E-state index contributed by atoms with van der Waals surface area (Å²) in [6, 6.07) is 13.4. The van der Waals surface area contributed by atoms with E-state index in [1.807, 2.05) is 12.1 Å². The number of hydrogen-bond donors (Lipinski definition) is 2. The zero-order valence-electron chi connectivity index (χ0n) is 12.9. The number of halogens is 2. The SMILES string of the molecule is O=C(COC(=O)CNC(=O)c1ccc(Cl)cc1)Nc1ccc(I)cc1. The van der Waals surface area contributed by atoms with Crippen LogP contribution >= 0.6 is 34.2 Å². The van der Waals surface area contributed by atoms with Gasteiger partial charge in [-0.25, -0.2) is 0 Å². The number of hydrogen-bond acceptors (Lipinski definition) is 4. The molecule has 0 fully saturated rings. The molecule has 2 amide bonds. The summed E-state index contributed by atoms with van der Waals surface area (Å²) in [7, 11) is 0. The lowest BCUT2D eigenvalue weighted by Gasteiger charge is -2.08. The van der Waals surface area contributed by atoms with Crippen LogP contribution in [0.15, 0.2) is 48.5 Å². The third-order valence-corrected chi connectivity index (χ3v) is 3.96. The summed E-state index contributed by atoms with van der Waals surface area (Å²) in [5.74, 6) is -1.60. The number of ether oxygens (including phenoxy) is 1. The van der Waals surface area contributed by atoms with Crippen molar-refractivity contribution < 1.29 is 19.1 Å². The van der Waals surface area contributed by atoms with E-state index in [-0.39, 0.29) is 6.54 Å². The maximum absolute atomic E-state index is 11.8. The molecular weight excluding hydrogens is 459 g/mol. The van der Waals surface area contributed by atoms with Crippen LogP contribution in [0.25, 0.3) is 0 Å². The smallest absolute Gasteiger partial charge is 0.325 e. The van der Waals surface area contributed by atoms with Gasteiger partial charge in [0.25, 0.3) is 11.8 Å². The zero-order valence-corrected chi connectivity index (χ0v) is 15.8. The predicted octanol–water partition coefficient (Wildman–Crippen LogP) is 2.86. The van der Waals surface area contributed by atoms with E-state index in [0.717, 1.165) is 3.57 Å². The molecule has 8 heteroatoms. The molecule has 0 unspecified atom stereocenters. The van der Waals surface area contributed by atoms with Gasteiger partial charge in [-0.3, -0.25) is 14.4 Å². The van der Waals surface area contributed by atoms with Gasteiger partial charge >= 0.3 is 5.97 Å². The minimum Gasteiger partial charge on any atom is -0.454 e. The first-order valence-corrected chi connectivity index (χ1v) is 8.64. The summed E-state index contributed by atoms with van der Waals surface area (Å²) in [6.45, 7) is -0.764. The highest BCUT2D eigenvalue weighted by atomic mass is 127. The monoisotopic (exact) mass is 472 g/mol. The Balaban J connectivity index is 1.71.